The van der Waals surface area contributed by atoms with Crippen LogP contribution in [0.3, 0.4) is 0 Å². The molecular formula is C13H20N2. The molecule has 0 aromatic heterocycles. The van der Waals surface area contributed by atoms with Crippen LogP contribution in [0.4, 0.5) is 0 Å². The van der Waals surface area contributed by atoms with Gasteiger partial charge < -0.3 is 11.1 Å². The molecule has 0 amide bonds. The first kappa shape index (κ1) is 10.7. The second kappa shape index (κ2) is 5.29. The molecule has 1 aromatic rings. The summed E-state index contributed by atoms with van der Waals surface area (Å²) in [6.07, 6.45) is 3.89. The number of fused-ring (bicyclic) bond motifs is 1. The standard InChI is InChI=1S/C13H20N2/c14-8-9-15-10-12-6-3-5-11-4-1-2-7-13(11)12/h1-2,4,7,12,15H,3,5-6,8-10,14H2. The van der Waals surface area contributed by atoms with Crippen LogP contribution in [0.15, 0.2) is 24.3 Å². The third-order valence-corrected chi connectivity index (χ3v) is 3.21. The van der Waals surface area contributed by atoms with E-state index in [0.717, 1.165) is 19.6 Å². The Bertz CT molecular complexity index is 309. The fraction of sp³-hybridized carbons (Fsp3) is 0.538. The van der Waals surface area contributed by atoms with E-state index in [-0.39, 0.29) is 0 Å². The largest absolute Gasteiger partial charge is 0.329 e. The molecule has 0 spiro atoms. The van der Waals surface area contributed by atoms with E-state index in [9.17, 15) is 0 Å². The highest BCUT2D eigenvalue weighted by atomic mass is 14.9. The fourth-order valence-electron chi connectivity index (χ4n) is 2.44. The zero-order chi connectivity index (χ0) is 10.5. The summed E-state index contributed by atoms with van der Waals surface area (Å²) >= 11 is 0. The van der Waals surface area contributed by atoms with Crippen molar-refractivity contribution in [1.29, 1.82) is 0 Å². The van der Waals surface area contributed by atoms with Crippen molar-refractivity contribution < 1.29 is 0 Å². The lowest BCUT2D eigenvalue weighted by Crippen LogP contribution is -2.28. The van der Waals surface area contributed by atoms with Crippen molar-refractivity contribution in [3.05, 3.63) is 35.4 Å². The number of rotatable bonds is 4. The summed E-state index contributed by atoms with van der Waals surface area (Å²) in [6.45, 7) is 2.74. The maximum Gasteiger partial charge on any atom is 0.00747 e. The van der Waals surface area contributed by atoms with E-state index in [1.807, 2.05) is 0 Å². The second-order valence-corrected chi connectivity index (χ2v) is 4.28. The molecular weight excluding hydrogens is 184 g/mol. The molecule has 82 valence electrons. The predicted molar refractivity (Wildman–Crippen MR) is 64.0 cm³/mol. The van der Waals surface area contributed by atoms with E-state index >= 15 is 0 Å². The van der Waals surface area contributed by atoms with Crippen molar-refractivity contribution in [3.63, 3.8) is 0 Å². The highest BCUT2D eigenvalue weighted by Gasteiger charge is 2.18. The molecule has 0 bridgehead atoms. The third kappa shape index (κ3) is 2.58. The van der Waals surface area contributed by atoms with Crippen LogP contribution in [-0.4, -0.2) is 19.6 Å². The Kier molecular flexibility index (Phi) is 3.75. The Hall–Kier alpha value is -0.860. The molecule has 2 nitrogen and oxygen atoms in total. The first-order valence-corrected chi connectivity index (χ1v) is 5.90. The van der Waals surface area contributed by atoms with E-state index in [1.54, 1.807) is 11.1 Å². The van der Waals surface area contributed by atoms with Gasteiger partial charge in [0.05, 0.1) is 0 Å². The quantitative estimate of drug-likeness (QED) is 0.732. The Labute approximate surface area is 91.9 Å². The summed E-state index contributed by atoms with van der Waals surface area (Å²) in [4.78, 5) is 0. The van der Waals surface area contributed by atoms with Crippen molar-refractivity contribution in [2.75, 3.05) is 19.6 Å². The summed E-state index contributed by atoms with van der Waals surface area (Å²) in [7, 11) is 0. The smallest absolute Gasteiger partial charge is 0.00747 e. The van der Waals surface area contributed by atoms with Gasteiger partial charge in [-0.05, 0) is 36.3 Å². The average molecular weight is 204 g/mol. The molecule has 1 aliphatic carbocycles. The van der Waals surface area contributed by atoms with Crippen LogP contribution in [0, 0.1) is 0 Å². The van der Waals surface area contributed by atoms with Gasteiger partial charge in [0.2, 0.25) is 0 Å². The Morgan fingerprint density at radius 1 is 1.33 bits per heavy atom. The van der Waals surface area contributed by atoms with Gasteiger partial charge in [-0.2, -0.15) is 0 Å². The molecule has 0 heterocycles. The van der Waals surface area contributed by atoms with E-state index < -0.39 is 0 Å². The topological polar surface area (TPSA) is 38.0 Å². The maximum atomic E-state index is 5.48. The number of hydrogen-bond donors (Lipinski definition) is 2. The monoisotopic (exact) mass is 204 g/mol. The van der Waals surface area contributed by atoms with Crippen LogP contribution < -0.4 is 11.1 Å². The summed E-state index contributed by atoms with van der Waals surface area (Å²) < 4.78 is 0. The fourth-order valence-corrected chi connectivity index (χ4v) is 2.44. The zero-order valence-corrected chi connectivity index (χ0v) is 9.21. The van der Waals surface area contributed by atoms with Crippen molar-refractivity contribution in [1.82, 2.24) is 5.32 Å². The number of aryl methyl sites for hydroxylation is 1. The normalized spacial score (nSPS) is 19.9. The van der Waals surface area contributed by atoms with Gasteiger partial charge in [-0.25, -0.2) is 0 Å². The van der Waals surface area contributed by atoms with Gasteiger partial charge >= 0.3 is 0 Å². The predicted octanol–water partition coefficient (Wildman–Crippen LogP) is 1.65. The van der Waals surface area contributed by atoms with E-state index in [1.165, 1.54) is 19.3 Å². The molecule has 0 fully saturated rings. The van der Waals surface area contributed by atoms with E-state index in [4.69, 9.17) is 5.73 Å². The van der Waals surface area contributed by atoms with Gasteiger partial charge in [-0.3, -0.25) is 0 Å². The van der Waals surface area contributed by atoms with Crippen molar-refractivity contribution in [2.45, 2.75) is 25.2 Å². The molecule has 1 atom stereocenters. The van der Waals surface area contributed by atoms with Crippen molar-refractivity contribution >= 4 is 0 Å². The van der Waals surface area contributed by atoms with Crippen LogP contribution >= 0.6 is 0 Å². The molecule has 3 N–H and O–H groups in total. The lowest BCUT2D eigenvalue weighted by atomic mass is 9.83. The second-order valence-electron chi connectivity index (χ2n) is 4.28. The van der Waals surface area contributed by atoms with Gasteiger partial charge in [0, 0.05) is 19.6 Å². The molecule has 0 saturated heterocycles. The van der Waals surface area contributed by atoms with Gasteiger partial charge in [0.25, 0.3) is 0 Å². The first-order valence-electron chi connectivity index (χ1n) is 5.90. The van der Waals surface area contributed by atoms with Gasteiger partial charge in [-0.15, -0.1) is 0 Å². The van der Waals surface area contributed by atoms with Gasteiger partial charge in [0.1, 0.15) is 0 Å². The van der Waals surface area contributed by atoms with E-state index in [0.29, 0.717) is 5.92 Å². The Morgan fingerprint density at radius 3 is 3.07 bits per heavy atom. The SMILES string of the molecule is NCCNCC1CCCc2ccccc21. The molecule has 2 heteroatoms. The summed E-state index contributed by atoms with van der Waals surface area (Å²) in [6, 6.07) is 8.85. The molecule has 2 rings (SSSR count). The summed E-state index contributed by atoms with van der Waals surface area (Å²) in [5, 5.41) is 3.42. The summed E-state index contributed by atoms with van der Waals surface area (Å²) in [5.41, 5.74) is 8.57. The Morgan fingerprint density at radius 2 is 2.20 bits per heavy atom. The van der Waals surface area contributed by atoms with Crippen molar-refractivity contribution in [3.8, 4) is 0 Å². The van der Waals surface area contributed by atoms with Gasteiger partial charge in [0.15, 0.2) is 0 Å². The van der Waals surface area contributed by atoms with Crippen LogP contribution in [0.1, 0.15) is 29.9 Å². The molecule has 15 heavy (non-hydrogen) atoms. The number of nitrogens with two attached hydrogens (primary N) is 1. The number of benzene rings is 1. The first-order chi connectivity index (χ1) is 7.42. The number of hydrogen-bond acceptors (Lipinski definition) is 2. The minimum Gasteiger partial charge on any atom is -0.329 e. The molecule has 1 aromatic carbocycles. The molecule has 1 unspecified atom stereocenters. The van der Waals surface area contributed by atoms with Crippen LogP contribution in [0.2, 0.25) is 0 Å². The van der Waals surface area contributed by atoms with Crippen LogP contribution in [0.5, 0.6) is 0 Å². The lowest BCUT2D eigenvalue weighted by molar-refractivity contribution is 0.511. The highest BCUT2D eigenvalue weighted by molar-refractivity contribution is 5.32. The van der Waals surface area contributed by atoms with Crippen molar-refractivity contribution in [2.24, 2.45) is 5.73 Å². The van der Waals surface area contributed by atoms with E-state index in [2.05, 4.69) is 29.6 Å². The lowest BCUT2D eigenvalue weighted by Gasteiger charge is -2.25. The minimum absolute atomic E-state index is 0.696. The third-order valence-electron chi connectivity index (χ3n) is 3.21. The molecule has 0 radical (unpaired) electrons. The highest BCUT2D eigenvalue weighted by Crippen LogP contribution is 2.30. The van der Waals surface area contributed by atoms with Crippen LogP contribution in [0.25, 0.3) is 0 Å². The average Bonchev–Trinajstić information content (AvgIpc) is 2.30. The maximum absolute atomic E-state index is 5.48. The zero-order valence-electron chi connectivity index (χ0n) is 9.21. The molecule has 1 aliphatic rings. The summed E-state index contributed by atoms with van der Waals surface area (Å²) in [5.74, 6) is 0.696. The molecule has 0 saturated carbocycles. The van der Waals surface area contributed by atoms with Gasteiger partial charge in [-0.1, -0.05) is 24.3 Å². The minimum atomic E-state index is 0.696. The number of nitrogens with one attached hydrogen (secondary N) is 1. The van der Waals surface area contributed by atoms with Crippen LogP contribution in [-0.2, 0) is 6.42 Å². The molecule has 0 aliphatic heterocycles. The Balaban J connectivity index is 2.02.